The number of carbonyl (C=O) groups excluding carboxylic acids is 4. The Morgan fingerprint density at radius 3 is 2.10 bits per heavy atom. The van der Waals surface area contributed by atoms with Crippen molar-refractivity contribution in [3.05, 3.63) is 0 Å². The number of thioether (sulfide) groups is 1. The van der Waals surface area contributed by atoms with Crippen LogP contribution in [0, 0.1) is 5.92 Å². The topological polar surface area (TPSA) is 319 Å². The third kappa shape index (κ3) is 11.2. The van der Waals surface area contributed by atoms with Gasteiger partial charge in [-0.25, -0.2) is 4.79 Å². The van der Waals surface area contributed by atoms with Crippen LogP contribution < -0.4 is 10.6 Å². The molecule has 2 amide bonds. The number of ketones is 1. The minimum absolute atomic E-state index is 0.0872. The van der Waals surface area contributed by atoms with Gasteiger partial charge in [0, 0.05) is 43.8 Å². The minimum atomic E-state index is -2.70. The Bertz CT molecular complexity index is 1150. The predicted molar refractivity (Wildman–Crippen MR) is 170 cm³/mol. The SMILES string of the molecule is CCCC(=O)C[C@H]1[C@H]([C@H](O)[C@H](O)CO)O[C@@](C[C@]2(C(=O)O)CC(O)[C@@H](NC(=O)CNC(=O)CCSC)[C@H]([C@H](O)[C@H](O)CO)O2)(OC=O)C[C@@H]1O. The van der Waals surface area contributed by atoms with Crippen molar-refractivity contribution in [2.45, 2.75) is 118 Å². The molecule has 0 saturated carbocycles. The van der Waals surface area contributed by atoms with Crippen LogP contribution in [0.4, 0.5) is 0 Å². The Balaban J connectivity index is 2.52. The smallest absolute Gasteiger partial charge is 0.336 e. The van der Waals surface area contributed by atoms with Crippen molar-refractivity contribution in [3.8, 4) is 0 Å². The second-order valence-electron chi connectivity index (χ2n) is 12.6. The Hall–Kier alpha value is -2.50. The van der Waals surface area contributed by atoms with Gasteiger partial charge in [0.1, 0.15) is 36.3 Å². The molecule has 20 heteroatoms. The number of nitrogens with one attached hydrogen (secondary N) is 2. The van der Waals surface area contributed by atoms with E-state index in [0.29, 0.717) is 12.2 Å². The van der Waals surface area contributed by atoms with Crippen LogP contribution in [0.3, 0.4) is 0 Å². The van der Waals surface area contributed by atoms with Crippen molar-refractivity contribution >= 4 is 41.8 Å². The molecule has 2 aliphatic rings. The second kappa shape index (κ2) is 19.9. The molecule has 11 N–H and O–H groups in total. The maximum Gasteiger partial charge on any atom is 0.336 e. The van der Waals surface area contributed by atoms with Gasteiger partial charge in [-0.15, -0.1) is 0 Å². The summed E-state index contributed by atoms with van der Waals surface area (Å²) >= 11 is 1.40. The molecule has 2 heterocycles. The molecule has 0 spiro atoms. The zero-order valence-electron chi connectivity index (χ0n) is 27.8. The summed E-state index contributed by atoms with van der Waals surface area (Å²) in [6.07, 6.45) is -15.9. The quantitative estimate of drug-likeness (QED) is 0.0494. The van der Waals surface area contributed by atoms with Gasteiger partial charge in [-0.2, -0.15) is 11.8 Å². The van der Waals surface area contributed by atoms with Gasteiger partial charge in [-0.05, 0) is 12.7 Å². The van der Waals surface area contributed by atoms with Crippen LogP contribution in [0.1, 0.15) is 51.9 Å². The summed E-state index contributed by atoms with van der Waals surface area (Å²) in [7, 11) is 0. The molecule has 12 atom stereocenters. The lowest BCUT2D eigenvalue weighted by atomic mass is 9.75. The lowest BCUT2D eigenvalue weighted by Crippen LogP contribution is -2.70. The minimum Gasteiger partial charge on any atom is -0.479 e. The first-order valence-electron chi connectivity index (χ1n) is 16.1. The number of carboxylic acids is 1. The summed E-state index contributed by atoms with van der Waals surface area (Å²) in [6.45, 7) is -1.08. The number of hydrogen-bond acceptors (Lipinski definition) is 17. The molecule has 19 nitrogen and oxygen atoms in total. The highest BCUT2D eigenvalue weighted by molar-refractivity contribution is 7.98. The van der Waals surface area contributed by atoms with Crippen LogP contribution in [0.15, 0.2) is 0 Å². The number of aliphatic hydroxyl groups is 8. The van der Waals surface area contributed by atoms with Crippen LogP contribution in [0.25, 0.3) is 0 Å². The van der Waals surface area contributed by atoms with E-state index in [1.165, 1.54) is 11.8 Å². The average molecular weight is 743 g/mol. The third-order valence-corrected chi connectivity index (χ3v) is 9.41. The summed E-state index contributed by atoms with van der Waals surface area (Å²) in [5, 5.41) is 99.1. The number of ether oxygens (including phenoxy) is 3. The van der Waals surface area contributed by atoms with Crippen molar-refractivity contribution in [3.63, 3.8) is 0 Å². The van der Waals surface area contributed by atoms with Crippen LogP contribution in [-0.2, 0) is 38.2 Å². The first-order valence-corrected chi connectivity index (χ1v) is 17.5. The highest BCUT2D eigenvalue weighted by Crippen LogP contribution is 2.46. The summed E-state index contributed by atoms with van der Waals surface area (Å²) < 4.78 is 17.0. The molecule has 0 aromatic heterocycles. The van der Waals surface area contributed by atoms with Gasteiger partial charge in [0.25, 0.3) is 6.47 Å². The number of carbonyl (C=O) groups is 5. The average Bonchev–Trinajstić information content (AvgIpc) is 3.07. The Morgan fingerprint density at radius 2 is 1.56 bits per heavy atom. The largest absolute Gasteiger partial charge is 0.479 e. The van der Waals surface area contributed by atoms with E-state index in [1.54, 1.807) is 13.2 Å². The van der Waals surface area contributed by atoms with Crippen molar-refractivity contribution in [1.29, 1.82) is 0 Å². The van der Waals surface area contributed by atoms with E-state index < -0.39 is 129 Å². The first-order chi connectivity index (χ1) is 23.5. The van der Waals surface area contributed by atoms with Gasteiger partial charge in [0.2, 0.25) is 17.6 Å². The third-order valence-electron chi connectivity index (χ3n) is 8.80. The van der Waals surface area contributed by atoms with Crippen LogP contribution in [0.5, 0.6) is 0 Å². The fourth-order valence-corrected chi connectivity index (χ4v) is 6.64. The van der Waals surface area contributed by atoms with Gasteiger partial charge >= 0.3 is 5.97 Å². The molecule has 0 bridgehead atoms. The van der Waals surface area contributed by atoms with Gasteiger partial charge in [-0.1, -0.05) is 6.92 Å². The summed E-state index contributed by atoms with van der Waals surface area (Å²) in [5.74, 6) is -6.81. The monoisotopic (exact) mass is 742 g/mol. The van der Waals surface area contributed by atoms with Crippen LogP contribution in [0.2, 0.25) is 0 Å². The number of Topliss-reactive ketones (excluding diaryl/α,β-unsaturated/α-hetero) is 1. The molecule has 50 heavy (non-hydrogen) atoms. The van der Waals surface area contributed by atoms with E-state index in [2.05, 4.69) is 10.6 Å². The maximum atomic E-state index is 13.0. The molecule has 0 radical (unpaired) electrons. The molecule has 0 aromatic rings. The summed E-state index contributed by atoms with van der Waals surface area (Å²) in [6, 6.07) is -1.64. The van der Waals surface area contributed by atoms with Gasteiger partial charge in [0.15, 0.2) is 5.60 Å². The standard InChI is InChI=1S/C30H50N2O17S/c1-3-4-15(36)7-16-17(37)9-30(47-14-35,49-26(16)24(43)19(39)11-33)13-29(28(45)46)8-18(38)23(27(48-29)25(44)20(40)12-34)32-22(42)10-31-21(41)5-6-50-2/h14,16-20,23-27,33-34,37-40,43-44H,3-13H2,1-2H3,(H,31,41)(H,32,42)(H,45,46)/t16-,17+,18?,19-,20-,23-,24-,25-,26-,27-,29+,30+/m1/s1. The Morgan fingerprint density at radius 1 is 0.940 bits per heavy atom. The van der Waals surface area contributed by atoms with Crippen molar-refractivity contribution in [1.82, 2.24) is 10.6 Å². The molecule has 2 aliphatic heterocycles. The maximum absolute atomic E-state index is 13.0. The van der Waals surface area contributed by atoms with Crippen molar-refractivity contribution in [2.75, 3.05) is 31.8 Å². The Kier molecular flexibility index (Phi) is 17.4. The normalized spacial score (nSPS) is 32.2. The number of aliphatic carboxylic acids is 1. The number of aliphatic hydroxyl groups excluding tert-OH is 8. The van der Waals surface area contributed by atoms with Crippen LogP contribution in [-0.4, -0.2) is 174 Å². The molecule has 0 aliphatic carbocycles. The highest BCUT2D eigenvalue weighted by Gasteiger charge is 2.61. The number of rotatable bonds is 21. The Labute approximate surface area is 292 Å². The fourth-order valence-electron chi connectivity index (χ4n) is 6.25. The van der Waals surface area contributed by atoms with E-state index in [0.717, 1.165) is 0 Å². The van der Waals surface area contributed by atoms with E-state index in [4.69, 9.17) is 14.2 Å². The lowest BCUT2D eigenvalue weighted by Gasteiger charge is -2.52. The summed E-state index contributed by atoms with van der Waals surface area (Å²) in [4.78, 5) is 62.1. The number of amides is 2. The van der Waals surface area contributed by atoms with E-state index in [9.17, 15) is 69.9 Å². The van der Waals surface area contributed by atoms with Crippen LogP contribution >= 0.6 is 11.8 Å². The fraction of sp³-hybridized carbons (Fsp3) is 0.833. The van der Waals surface area contributed by atoms with Gasteiger partial charge in [0.05, 0.1) is 50.5 Å². The van der Waals surface area contributed by atoms with E-state index >= 15 is 0 Å². The molecule has 2 saturated heterocycles. The van der Waals surface area contributed by atoms with Crippen molar-refractivity contribution in [2.24, 2.45) is 5.92 Å². The van der Waals surface area contributed by atoms with E-state index in [1.807, 2.05) is 0 Å². The zero-order valence-corrected chi connectivity index (χ0v) is 28.6. The molecule has 2 rings (SSSR count). The second-order valence-corrected chi connectivity index (χ2v) is 13.5. The van der Waals surface area contributed by atoms with Gasteiger partial charge < -0.3 is 70.8 Å². The number of carboxylic acid groups (broad SMARTS) is 1. The molecule has 0 aromatic carbocycles. The molecule has 2 fully saturated rings. The number of hydrogen-bond donors (Lipinski definition) is 11. The highest BCUT2D eigenvalue weighted by atomic mass is 32.2. The van der Waals surface area contributed by atoms with E-state index in [-0.39, 0.29) is 31.5 Å². The predicted octanol–water partition coefficient (Wildman–Crippen LogP) is -4.47. The molecular weight excluding hydrogens is 692 g/mol. The molecule has 288 valence electrons. The van der Waals surface area contributed by atoms with Crippen molar-refractivity contribution < 1.29 is 84.1 Å². The first kappa shape index (κ1) is 43.7. The summed E-state index contributed by atoms with van der Waals surface area (Å²) in [5.41, 5.74) is -2.70. The zero-order chi connectivity index (χ0) is 37.8. The molecule has 1 unspecified atom stereocenters. The van der Waals surface area contributed by atoms with Gasteiger partial charge in [-0.3, -0.25) is 19.2 Å². The molecular formula is C30H50N2O17S. The lowest BCUT2D eigenvalue weighted by molar-refractivity contribution is -0.334.